The topological polar surface area (TPSA) is 38.3 Å². The molecular weight excluding hydrogens is 365 g/mol. The third-order valence-electron chi connectivity index (χ3n) is 4.00. The molecule has 27 heavy (non-hydrogen) atoms. The number of amides is 1. The molecule has 0 radical (unpaired) electrons. The molecule has 0 atom stereocenters. The van der Waals surface area contributed by atoms with Gasteiger partial charge < -0.3 is 10.1 Å². The molecule has 0 aliphatic rings. The lowest BCUT2D eigenvalue weighted by Gasteiger charge is -2.09. The zero-order valence-corrected chi connectivity index (χ0v) is 15.4. The van der Waals surface area contributed by atoms with Gasteiger partial charge in [-0.3, -0.25) is 4.79 Å². The first-order valence-corrected chi connectivity index (χ1v) is 8.92. The van der Waals surface area contributed by atoms with Crippen LogP contribution in [0.25, 0.3) is 0 Å². The van der Waals surface area contributed by atoms with E-state index in [9.17, 15) is 9.18 Å². The van der Waals surface area contributed by atoms with Crippen molar-refractivity contribution in [2.75, 3.05) is 0 Å². The van der Waals surface area contributed by atoms with Gasteiger partial charge in [0.25, 0.3) is 5.91 Å². The van der Waals surface area contributed by atoms with Gasteiger partial charge in [-0.05, 0) is 34.9 Å². The van der Waals surface area contributed by atoms with Crippen LogP contribution in [0.15, 0.2) is 72.8 Å². The summed E-state index contributed by atoms with van der Waals surface area (Å²) >= 11 is 5.92. The highest BCUT2D eigenvalue weighted by Crippen LogP contribution is 2.17. The van der Waals surface area contributed by atoms with Crippen LogP contribution in [0.1, 0.15) is 27.0 Å². The zero-order chi connectivity index (χ0) is 19.1. The molecule has 0 saturated carbocycles. The summed E-state index contributed by atoms with van der Waals surface area (Å²) in [5.41, 5.74) is 3.34. The molecule has 3 rings (SSSR count). The van der Waals surface area contributed by atoms with Crippen LogP contribution in [0.4, 0.5) is 4.39 Å². The lowest BCUT2D eigenvalue weighted by Crippen LogP contribution is -2.23. The summed E-state index contributed by atoms with van der Waals surface area (Å²) < 4.78 is 18.8. The summed E-state index contributed by atoms with van der Waals surface area (Å²) in [4.78, 5) is 12.2. The predicted molar refractivity (Wildman–Crippen MR) is 104 cm³/mol. The fourth-order valence-electron chi connectivity index (χ4n) is 2.64. The van der Waals surface area contributed by atoms with Gasteiger partial charge in [-0.2, -0.15) is 0 Å². The standard InChI is InChI=1S/C22H19ClFNO2/c23-21-12-19(24)9-10-20(21)22(26)25-13-17-7-4-8-18(11-17)15-27-14-16-5-2-1-3-6-16/h1-12H,13-15H2,(H,25,26). The molecule has 1 amide bonds. The number of carbonyl (C=O) groups is 1. The summed E-state index contributed by atoms with van der Waals surface area (Å²) in [6.07, 6.45) is 0. The van der Waals surface area contributed by atoms with Crippen molar-refractivity contribution >= 4 is 17.5 Å². The van der Waals surface area contributed by atoms with Crippen LogP contribution < -0.4 is 5.32 Å². The molecule has 0 fully saturated rings. The van der Waals surface area contributed by atoms with Crippen molar-refractivity contribution in [2.24, 2.45) is 0 Å². The third kappa shape index (κ3) is 5.64. The first kappa shape index (κ1) is 19.1. The largest absolute Gasteiger partial charge is 0.372 e. The minimum Gasteiger partial charge on any atom is -0.372 e. The maximum absolute atomic E-state index is 13.1. The van der Waals surface area contributed by atoms with E-state index in [4.69, 9.17) is 16.3 Å². The van der Waals surface area contributed by atoms with Gasteiger partial charge in [0.1, 0.15) is 5.82 Å². The Morgan fingerprint density at radius 1 is 0.889 bits per heavy atom. The van der Waals surface area contributed by atoms with Crippen molar-refractivity contribution in [3.63, 3.8) is 0 Å². The summed E-state index contributed by atoms with van der Waals surface area (Å²) in [6, 6.07) is 21.5. The lowest BCUT2D eigenvalue weighted by atomic mass is 10.1. The first-order chi connectivity index (χ1) is 13.1. The highest BCUT2D eigenvalue weighted by atomic mass is 35.5. The Morgan fingerprint density at radius 3 is 2.37 bits per heavy atom. The number of hydrogen-bond acceptors (Lipinski definition) is 2. The fraction of sp³-hybridized carbons (Fsp3) is 0.136. The molecule has 0 saturated heterocycles. The Hall–Kier alpha value is -2.69. The fourth-order valence-corrected chi connectivity index (χ4v) is 2.89. The minimum atomic E-state index is -0.472. The summed E-state index contributed by atoms with van der Waals surface area (Å²) in [5.74, 6) is -0.814. The molecule has 3 aromatic carbocycles. The normalized spacial score (nSPS) is 10.6. The number of carbonyl (C=O) groups excluding carboxylic acids is 1. The van der Waals surface area contributed by atoms with Crippen molar-refractivity contribution in [2.45, 2.75) is 19.8 Å². The number of ether oxygens (including phenoxy) is 1. The molecule has 0 heterocycles. The van der Waals surface area contributed by atoms with Crippen molar-refractivity contribution in [3.05, 3.63) is 106 Å². The SMILES string of the molecule is O=C(NCc1cccc(COCc2ccccc2)c1)c1ccc(F)cc1Cl. The van der Waals surface area contributed by atoms with Crippen molar-refractivity contribution < 1.29 is 13.9 Å². The highest BCUT2D eigenvalue weighted by molar-refractivity contribution is 6.33. The molecule has 0 unspecified atom stereocenters. The molecule has 3 aromatic rings. The second-order valence-corrected chi connectivity index (χ2v) is 6.51. The van der Waals surface area contributed by atoms with E-state index in [2.05, 4.69) is 5.32 Å². The smallest absolute Gasteiger partial charge is 0.253 e. The number of rotatable bonds is 7. The maximum atomic E-state index is 13.1. The van der Waals surface area contributed by atoms with E-state index < -0.39 is 5.82 Å². The molecule has 3 nitrogen and oxygen atoms in total. The van der Waals surface area contributed by atoms with Gasteiger partial charge in [-0.15, -0.1) is 0 Å². The average Bonchev–Trinajstić information content (AvgIpc) is 2.67. The van der Waals surface area contributed by atoms with E-state index >= 15 is 0 Å². The predicted octanol–water partition coefficient (Wildman–Crippen LogP) is 5.13. The van der Waals surface area contributed by atoms with Crippen molar-refractivity contribution in [1.29, 1.82) is 0 Å². The quantitative estimate of drug-likeness (QED) is 0.614. The van der Waals surface area contributed by atoms with Crippen molar-refractivity contribution in [1.82, 2.24) is 5.32 Å². The second kappa shape index (κ2) is 9.31. The van der Waals surface area contributed by atoms with Crippen LogP contribution in [-0.2, 0) is 24.5 Å². The summed E-state index contributed by atoms with van der Waals surface area (Å²) in [7, 11) is 0. The Labute approximate surface area is 162 Å². The Morgan fingerprint density at radius 2 is 1.59 bits per heavy atom. The Bertz CT molecular complexity index is 915. The van der Waals surface area contributed by atoms with Crippen LogP contribution >= 0.6 is 11.6 Å². The van der Waals surface area contributed by atoms with Gasteiger partial charge in [0.2, 0.25) is 0 Å². The van der Waals surface area contributed by atoms with E-state index in [1.165, 1.54) is 12.1 Å². The Kier molecular flexibility index (Phi) is 6.58. The summed E-state index contributed by atoms with van der Waals surface area (Å²) in [5, 5.41) is 2.89. The van der Waals surface area contributed by atoms with Crippen molar-refractivity contribution in [3.8, 4) is 0 Å². The van der Waals surface area contributed by atoms with Gasteiger partial charge in [0.05, 0.1) is 23.8 Å². The molecule has 138 valence electrons. The number of halogens is 2. The number of hydrogen-bond donors (Lipinski definition) is 1. The molecule has 0 aromatic heterocycles. The van der Waals surface area contributed by atoms with Crippen LogP contribution in [0.2, 0.25) is 5.02 Å². The third-order valence-corrected chi connectivity index (χ3v) is 4.31. The average molecular weight is 384 g/mol. The lowest BCUT2D eigenvalue weighted by molar-refractivity contribution is 0.0951. The maximum Gasteiger partial charge on any atom is 0.253 e. The van der Waals surface area contributed by atoms with E-state index in [1.54, 1.807) is 0 Å². The van der Waals surface area contributed by atoms with Gasteiger partial charge in [0, 0.05) is 6.54 Å². The van der Waals surface area contributed by atoms with Crippen LogP contribution in [-0.4, -0.2) is 5.91 Å². The molecule has 5 heteroatoms. The minimum absolute atomic E-state index is 0.0931. The molecule has 0 spiro atoms. The monoisotopic (exact) mass is 383 g/mol. The molecule has 0 aliphatic heterocycles. The number of nitrogens with one attached hydrogen (secondary N) is 1. The highest BCUT2D eigenvalue weighted by Gasteiger charge is 2.10. The van der Waals surface area contributed by atoms with Gasteiger partial charge in [-0.25, -0.2) is 4.39 Å². The van der Waals surface area contributed by atoms with Gasteiger partial charge in [0.15, 0.2) is 0 Å². The van der Waals surface area contributed by atoms with E-state index in [0.29, 0.717) is 19.8 Å². The second-order valence-electron chi connectivity index (χ2n) is 6.11. The van der Waals surface area contributed by atoms with Crippen LogP contribution in [0, 0.1) is 5.82 Å². The summed E-state index contributed by atoms with van der Waals surface area (Å²) in [6.45, 7) is 1.38. The van der Waals surface area contributed by atoms with E-state index in [0.717, 1.165) is 22.8 Å². The van der Waals surface area contributed by atoms with Gasteiger partial charge >= 0.3 is 0 Å². The Balaban J connectivity index is 1.53. The van der Waals surface area contributed by atoms with E-state index in [1.807, 2.05) is 54.6 Å². The molecule has 0 aliphatic carbocycles. The van der Waals surface area contributed by atoms with Gasteiger partial charge in [-0.1, -0.05) is 66.2 Å². The van der Waals surface area contributed by atoms with Crippen LogP contribution in [0.3, 0.4) is 0 Å². The first-order valence-electron chi connectivity index (χ1n) is 8.54. The molecule has 1 N–H and O–H groups in total. The molecule has 0 bridgehead atoms. The van der Waals surface area contributed by atoms with E-state index in [-0.39, 0.29) is 16.5 Å². The number of benzene rings is 3. The molecular formula is C22H19ClFNO2. The zero-order valence-electron chi connectivity index (χ0n) is 14.6. The van der Waals surface area contributed by atoms with Crippen LogP contribution in [0.5, 0.6) is 0 Å².